The lowest BCUT2D eigenvalue weighted by atomic mass is 10.1. The molecule has 1 aliphatic rings. The van der Waals surface area contributed by atoms with E-state index in [-0.39, 0.29) is 0 Å². The van der Waals surface area contributed by atoms with Gasteiger partial charge < -0.3 is 14.8 Å². The van der Waals surface area contributed by atoms with Crippen LogP contribution in [-0.2, 0) is 6.42 Å². The van der Waals surface area contributed by atoms with Crippen molar-refractivity contribution in [1.82, 2.24) is 9.97 Å². The molecule has 0 amide bonds. The summed E-state index contributed by atoms with van der Waals surface area (Å²) in [6.45, 7) is 1.06. The van der Waals surface area contributed by atoms with Gasteiger partial charge in [-0.2, -0.15) is 0 Å². The van der Waals surface area contributed by atoms with Crippen molar-refractivity contribution in [3.8, 4) is 22.9 Å². The molecule has 5 nitrogen and oxygen atoms in total. The van der Waals surface area contributed by atoms with Crippen molar-refractivity contribution in [3.05, 3.63) is 78.4 Å². The van der Waals surface area contributed by atoms with Crippen LogP contribution in [0.2, 0.25) is 0 Å². The highest BCUT2D eigenvalue weighted by Gasteiger charge is 2.13. The van der Waals surface area contributed by atoms with Gasteiger partial charge in [0, 0.05) is 17.5 Å². The van der Waals surface area contributed by atoms with Crippen LogP contribution in [0.15, 0.2) is 72.8 Å². The van der Waals surface area contributed by atoms with Gasteiger partial charge >= 0.3 is 0 Å². The predicted octanol–water partition coefficient (Wildman–Crippen LogP) is 4.68. The molecule has 0 spiro atoms. The maximum Gasteiger partial charge on any atom is 0.231 e. The summed E-state index contributed by atoms with van der Waals surface area (Å²) >= 11 is 0. The fourth-order valence-electron chi connectivity index (χ4n) is 3.35. The fraction of sp³-hybridized carbons (Fsp3) is 0.130. The van der Waals surface area contributed by atoms with Crippen molar-refractivity contribution in [2.24, 2.45) is 0 Å². The van der Waals surface area contributed by atoms with Gasteiger partial charge in [-0.15, -0.1) is 0 Å². The van der Waals surface area contributed by atoms with Gasteiger partial charge in [-0.1, -0.05) is 48.5 Å². The molecule has 0 radical (unpaired) electrons. The van der Waals surface area contributed by atoms with Crippen molar-refractivity contribution in [2.45, 2.75) is 6.42 Å². The molecule has 2 heterocycles. The molecule has 0 saturated carbocycles. The van der Waals surface area contributed by atoms with E-state index in [4.69, 9.17) is 19.4 Å². The standard InChI is InChI=1S/C23H19N3O2/c1-2-6-17(7-3-1)22-25-19-9-5-4-8-18(19)23(26-22)24-13-12-16-10-11-20-21(14-16)28-15-27-20/h1-11,14H,12-13,15H2,(H,24,25,26). The molecule has 138 valence electrons. The molecule has 0 bridgehead atoms. The molecular weight excluding hydrogens is 350 g/mol. The zero-order valence-corrected chi connectivity index (χ0v) is 15.3. The summed E-state index contributed by atoms with van der Waals surface area (Å²) in [5.41, 5.74) is 3.13. The number of rotatable bonds is 5. The Balaban J connectivity index is 1.40. The molecule has 1 N–H and O–H groups in total. The first kappa shape index (κ1) is 16.6. The van der Waals surface area contributed by atoms with E-state index in [0.717, 1.165) is 52.6 Å². The first-order valence-corrected chi connectivity index (χ1v) is 9.31. The zero-order chi connectivity index (χ0) is 18.8. The summed E-state index contributed by atoms with van der Waals surface area (Å²) in [4.78, 5) is 9.52. The van der Waals surface area contributed by atoms with Crippen LogP contribution in [0.4, 0.5) is 5.82 Å². The minimum atomic E-state index is 0.298. The number of nitrogens with zero attached hydrogens (tertiary/aromatic N) is 2. The van der Waals surface area contributed by atoms with Gasteiger partial charge in [0.05, 0.1) is 5.52 Å². The maximum atomic E-state index is 5.46. The zero-order valence-electron chi connectivity index (χ0n) is 15.3. The number of hydrogen-bond donors (Lipinski definition) is 1. The fourth-order valence-corrected chi connectivity index (χ4v) is 3.35. The minimum absolute atomic E-state index is 0.298. The Labute approximate surface area is 163 Å². The summed E-state index contributed by atoms with van der Waals surface area (Å²) in [5, 5.41) is 4.51. The number of para-hydroxylation sites is 1. The van der Waals surface area contributed by atoms with Gasteiger partial charge in [0.2, 0.25) is 6.79 Å². The summed E-state index contributed by atoms with van der Waals surface area (Å²) in [7, 11) is 0. The molecule has 28 heavy (non-hydrogen) atoms. The monoisotopic (exact) mass is 369 g/mol. The smallest absolute Gasteiger partial charge is 0.231 e. The predicted molar refractivity (Wildman–Crippen MR) is 110 cm³/mol. The molecule has 0 saturated heterocycles. The largest absolute Gasteiger partial charge is 0.454 e. The molecule has 1 aromatic heterocycles. The first-order chi connectivity index (χ1) is 13.9. The molecule has 4 aromatic rings. The van der Waals surface area contributed by atoms with E-state index in [1.54, 1.807) is 0 Å². The van der Waals surface area contributed by atoms with E-state index in [0.29, 0.717) is 6.79 Å². The van der Waals surface area contributed by atoms with Gasteiger partial charge in [0.25, 0.3) is 0 Å². The number of aromatic nitrogens is 2. The number of nitrogens with one attached hydrogen (secondary N) is 1. The van der Waals surface area contributed by atoms with E-state index >= 15 is 0 Å². The van der Waals surface area contributed by atoms with Crippen molar-refractivity contribution in [1.29, 1.82) is 0 Å². The van der Waals surface area contributed by atoms with E-state index in [9.17, 15) is 0 Å². The van der Waals surface area contributed by atoms with Gasteiger partial charge in [-0.25, -0.2) is 9.97 Å². The quantitative estimate of drug-likeness (QED) is 0.553. The van der Waals surface area contributed by atoms with Crippen LogP contribution in [0.1, 0.15) is 5.56 Å². The third-order valence-corrected chi connectivity index (χ3v) is 4.78. The Morgan fingerprint density at radius 2 is 1.64 bits per heavy atom. The first-order valence-electron chi connectivity index (χ1n) is 9.31. The van der Waals surface area contributed by atoms with Crippen molar-refractivity contribution in [3.63, 3.8) is 0 Å². The van der Waals surface area contributed by atoms with Crippen LogP contribution in [0.25, 0.3) is 22.3 Å². The molecule has 1 aliphatic heterocycles. The SMILES string of the molecule is c1ccc(-c2nc(NCCc3ccc4c(c3)OCO4)c3ccccc3n2)cc1. The highest BCUT2D eigenvalue weighted by molar-refractivity contribution is 5.90. The van der Waals surface area contributed by atoms with Crippen LogP contribution in [0.3, 0.4) is 0 Å². The summed E-state index contributed by atoms with van der Waals surface area (Å²) < 4.78 is 10.8. The Bertz CT molecular complexity index is 1130. The van der Waals surface area contributed by atoms with E-state index < -0.39 is 0 Å². The lowest BCUT2D eigenvalue weighted by Crippen LogP contribution is -2.08. The minimum Gasteiger partial charge on any atom is -0.454 e. The number of ether oxygens (including phenoxy) is 2. The molecule has 0 aliphatic carbocycles. The third kappa shape index (κ3) is 3.22. The Hall–Kier alpha value is -3.60. The highest BCUT2D eigenvalue weighted by Crippen LogP contribution is 2.32. The van der Waals surface area contributed by atoms with Crippen molar-refractivity contribution < 1.29 is 9.47 Å². The number of anilines is 1. The van der Waals surface area contributed by atoms with Gasteiger partial charge in [0.1, 0.15) is 5.82 Å². The number of benzene rings is 3. The summed E-state index contributed by atoms with van der Waals surface area (Å²) in [6.07, 6.45) is 0.857. The van der Waals surface area contributed by atoms with Crippen LogP contribution in [0, 0.1) is 0 Å². The van der Waals surface area contributed by atoms with E-state index in [2.05, 4.69) is 11.4 Å². The normalized spacial score (nSPS) is 12.3. The number of hydrogen-bond acceptors (Lipinski definition) is 5. The molecule has 5 heteroatoms. The van der Waals surface area contributed by atoms with Crippen LogP contribution >= 0.6 is 0 Å². The summed E-state index contributed by atoms with van der Waals surface area (Å²) in [6, 6.07) is 24.2. The average molecular weight is 369 g/mol. The van der Waals surface area contributed by atoms with Gasteiger partial charge in [0.15, 0.2) is 17.3 Å². The Morgan fingerprint density at radius 1 is 0.821 bits per heavy atom. The van der Waals surface area contributed by atoms with Crippen LogP contribution < -0.4 is 14.8 Å². The number of fused-ring (bicyclic) bond motifs is 2. The third-order valence-electron chi connectivity index (χ3n) is 4.78. The van der Waals surface area contributed by atoms with E-state index in [1.165, 1.54) is 5.56 Å². The lowest BCUT2D eigenvalue weighted by molar-refractivity contribution is 0.174. The topological polar surface area (TPSA) is 56.3 Å². The van der Waals surface area contributed by atoms with Crippen LogP contribution in [-0.4, -0.2) is 23.3 Å². The molecule has 3 aromatic carbocycles. The van der Waals surface area contributed by atoms with Crippen LogP contribution in [0.5, 0.6) is 11.5 Å². The second kappa shape index (κ2) is 7.19. The van der Waals surface area contributed by atoms with Gasteiger partial charge in [-0.05, 0) is 36.2 Å². The maximum absolute atomic E-state index is 5.46. The molecule has 0 atom stereocenters. The lowest BCUT2D eigenvalue weighted by Gasteiger charge is -2.11. The summed E-state index contributed by atoms with van der Waals surface area (Å²) in [5.74, 6) is 3.21. The average Bonchev–Trinajstić information content (AvgIpc) is 3.22. The highest BCUT2D eigenvalue weighted by atomic mass is 16.7. The van der Waals surface area contributed by atoms with Crippen molar-refractivity contribution in [2.75, 3.05) is 18.7 Å². The Morgan fingerprint density at radius 3 is 2.57 bits per heavy atom. The van der Waals surface area contributed by atoms with Gasteiger partial charge in [-0.3, -0.25) is 0 Å². The van der Waals surface area contributed by atoms with E-state index in [1.807, 2.05) is 66.7 Å². The molecule has 0 unspecified atom stereocenters. The molecular formula is C23H19N3O2. The Kier molecular flexibility index (Phi) is 4.26. The molecule has 0 fully saturated rings. The van der Waals surface area contributed by atoms with Crippen molar-refractivity contribution >= 4 is 16.7 Å². The second-order valence-electron chi connectivity index (χ2n) is 6.64. The molecule has 5 rings (SSSR count). The second-order valence-corrected chi connectivity index (χ2v) is 6.64.